The molecular weight excluding hydrogens is 232 g/mol. The molecule has 3 N–H and O–H groups in total. The summed E-state index contributed by atoms with van der Waals surface area (Å²) in [5.41, 5.74) is 1.40. The van der Waals surface area contributed by atoms with Crippen LogP contribution in [0.1, 0.15) is 23.7 Å². The molecule has 1 heterocycles. The monoisotopic (exact) mass is 246 g/mol. The number of aromatic nitrogens is 1. The van der Waals surface area contributed by atoms with Crippen molar-refractivity contribution in [3.05, 3.63) is 36.0 Å². The van der Waals surface area contributed by atoms with Gasteiger partial charge in [-0.05, 0) is 30.7 Å². The maximum Gasteiger partial charge on any atom is 0.326 e. The van der Waals surface area contributed by atoms with Gasteiger partial charge in [0.25, 0.3) is 5.91 Å². The molecule has 2 rings (SSSR count). The second-order valence-corrected chi connectivity index (χ2v) is 4.05. The Balaban J connectivity index is 2.19. The standard InChI is InChI=1S/C13H14N2O3/c1-2-10(13(17)18)15-12(16)9-3-4-11-8(7-9)5-6-14-11/h3-7,10,14H,2H2,1H3,(H,15,16)(H,17,18). The van der Waals surface area contributed by atoms with Crippen molar-refractivity contribution in [1.29, 1.82) is 0 Å². The van der Waals surface area contributed by atoms with Crippen molar-refractivity contribution in [2.24, 2.45) is 0 Å². The molecule has 2 aromatic rings. The Morgan fingerprint density at radius 1 is 1.39 bits per heavy atom. The summed E-state index contributed by atoms with van der Waals surface area (Å²) in [6.45, 7) is 1.72. The van der Waals surface area contributed by atoms with Gasteiger partial charge in [0.05, 0.1) is 0 Å². The van der Waals surface area contributed by atoms with E-state index in [1.54, 1.807) is 31.3 Å². The van der Waals surface area contributed by atoms with E-state index in [2.05, 4.69) is 10.3 Å². The average Bonchev–Trinajstić information content (AvgIpc) is 2.82. The zero-order valence-corrected chi connectivity index (χ0v) is 9.93. The number of carboxylic acids is 1. The summed E-state index contributed by atoms with van der Waals surface area (Å²) in [5.74, 6) is -1.39. The van der Waals surface area contributed by atoms with E-state index in [0.717, 1.165) is 10.9 Å². The third kappa shape index (κ3) is 2.34. The van der Waals surface area contributed by atoms with Crippen LogP contribution in [0.5, 0.6) is 0 Å². The van der Waals surface area contributed by atoms with Crippen molar-refractivity contribution in [2.75, 3.05) is 0 Å². The largest absolute Gasteiger partial charge is 0.480 e. The number of aliphatic carboxylic acids is 1. The van der Waals surface area contributed by atoms with Crippen LogP contribution >= 0.6 is 0 Å². The molecule has 0 radical (unpaired) electrons. The minimum Gasteiger partial charge on any atom is -0.480 e. The lowest BCUT2D eigenvalue weighted by Gasteiger charge is -2.12. The van der Waals surface area contributed by atoms with E-state index >= 15 is 0 Å². The summed E-state index contributed by atoms with van der Waals surface area (Å²) >= 11 is 0. The third-order valence-electron chi connectivity index (χ3n) is 2.83. The predicted molar refractivity (Wildman–Crippen MR) is 67.5 cm³/mol. The molecule has 5 heteroatoms. The first kappa shape index (κ1) is 12.2. The van der Waals surface area contributed by atoms with Gasteiger partial charge in [-0.1, -0.05) is 6.92 Å². The van der Waals surface area contributed by atoms with Crippen molar-refractivity contribution in [1.82, 2.24) is 10.3 Å². The van der Waals surface area contributed by atoms with Crippen LogP contribution in [0.3, 0.4) is 0 Å². The molecule has 0 bridgehead atoms. The quantitative estimate of drug-likeness (QED) is 0.768. The number of carbonyl (C=O) groups is 2. The van der Waals surface area contributed by atoms with Crippen molar-refractivity contribution in [3.63, 3.8) is 0 Å². The fraction of sp³-hybridized carbons (Fsp3) is 0.231. The summed E-state index contributed by atoms with van der Waals surface area (Å²) in [7, 11) is 0. The zero-order chi connectivity index (χ0) is 13.1. The number of amides is 1. The van der Waals surface area contributed by atoms with Crippen molar-refractivity contribution in [2.45, 2.75) is 19.4 Å². The van der Waals surface area contributed by atoms with Crippen LogP contribution in [0.15, 0.2) is 30.5 Å². The lowest BCUT2D eigenvalue weighted by molar-refractivity contribution is -0.139. The minimum atomic E-state index is -1.02. The van der Waals surface area contributed by atoms with E-state index in [9.17, 15) is 9.59 Å². The van der Waals surface area contributed by atoms with Crippen LogP contribution in [-0.4, -0.2) is 28.0 Å². The first-order valence-electron chi connectivity index (χ1n) is 5.72. The molecule has 1 aromatic heterocycles. The van der Waals surface area contributed by atoms with Gasteiger partial charge in [-0.2, -0.15) is 0 Å². The Kier molecular flexibility index (Phi) is 3.32. The number of carboxylic acid groups (broad SMARTS) is 1. The smallest absolute Gasteiger partial charge is 0.326 e. The maximum atomic E-state index is 11.9. The highest BCUT2D eigenvalue weighted by molar-refractivity contribution is 5.99. The number of hydrogen-bond donors (Lipinski definition) is 3. The average molecular weight is 246 g/mol. The van der Waals surface area contributed by atoms with E-state index < -0.39 is 12.0 Å². The molecule has 0 saturated carbocycles. The highest BCUT2D eigenvalue weighted by Crippen LogP contribution is 2.14. The normalized spacial score (nSPS) is 12.3. The molecule has 0 aliphatic carbocycles. The summed E-state index contributed by atoms with van der Waals surface area (Å²) in [6, 6.07) is 6.21. The van der Waals surface area contributed by atoms with Gasteiger partial charge in [-0.3, -0.25) is 4.79 Å². The number of rotatable bonds is 4. The number of hydrogen-bond acceptors (Lipinski definition) is 2. The first-order valence-corrected chi connectivity index (χ1v) is 5.72. The Morgan fingerprint density at radius 3 is 2.83 bits per heavy atom. The number of H-pyrrole nitrogens is 1. The second-order valence-electron chi connectivity index (χ2n) is 4.05. The lowest BCUT2D eigenvalue weighted by Crippen LogP contribution is -2.40. The number of nitrogens with one attached hydrogen (secondary N) is 2. The molecule has 0 spiro atoms. The molecule has 1 atom stereocenters. The highest BCUT2D eigenvalue weighted by Gasteiger charge is 2.18. The summed E-state index contributed by atoms with van der Waals surface area (Å²) < 4.78 is 0. The molecular formula is C13H14N2O3. The maximum absolute atomic E-state index is 11.9. The number of aromatic amines is 1. The molecule has 1 unspecified atom stereocenters. The van der Waals surface area contributed by atoms with Crippen molar-refractivity contribution >= 4 is 22.8 Å². The number of benzene rings is 1. The zero-order valence-electron chi connectivity index (χ0n) is 9.93. The van der Waals surface area contributed by atoms with Crippen LogP contribution in [0.2, 0.25) is 0 Å². The van der Waals surface area contributed by atoms with Crippen molar-refractivity contribution in [3.8, 4) is 0 Å². The molecule has 5 nitrogen and oxygen atoms in total. The van der Waals surface area contributed by atoms with E-state index in [-0.39, 0.29) is 5.91 Å². The van der Waals surface area contributed by atoms with Crippen LogP contribution in [-0.2, 0) is 4.79 Å². The van der Waals surface area contributed by atoms with Crippen LogP contribution < -0.4 is 5.32 Å². The van der Waals surface area contributed by atoms with Gasteiger partial charge in [-0.15, -0.1) is 0 Å². The fourth-order valence-electron chi connectivity index (χ4n) is 1.77. The summed E-state index contributed by atoms with van der Waals surface area (Å²) in [6.07, 6.45) is 2.14. The third-order valence-corrected chi connectivity index (χ3v) is 2.83. The van der Waals surface area contributed by atoms with E-state index in [1.807, 2.05) is 6.07 Å². The molecule has 1 amide bonds. The topological polar surface area (TPSA) is 82.2 Å². The van der Waals surface area contributed by atoms with Gasteiger partial charge in [0.1, 0.15) is 6.04 Å². The Hall–Kier alpha value is -2.30. The molecule has 18 heavy (non-hydrogen) atoms. The molecule has 1 aromatic carbocycles. The minimum absolute atomic E-state index is 0.355. The Labute approximate surface area is 104 Å². The van der Waals surface area contributed by atoms with Gasteiger partial charge in [0, 0.05) is 22.7 Å². The van der Waals surface area contributed by atoms with Crippen LogP contribution in [0, 0.1) is 0 Å². The number of carbonyl (C=O) groups excluding carboxylic acids is 1. The predicted octanol–water partition coefficient (Wildman–Crippen LogP) is 1.76. The SMILES string of the molecule is CCC(NC(=O)c1ccc2[nH]ccc2c1)C(=O)O. The molecule has 0 saturated heterocycles. The van der Waals surface area contributed by atoms with Gasteiger partial charge in [0.2, 0.25) is 0 Å². The van der Waals surface area contributed by atoms with E-state index in [1.165, 1.54) is 0 Å². The van der Waals surface area contributed by atoms with Gasteiger partial charge in [-0.25, -0.2) is 4.79 Å². The van der Waals surface area contributed by atoms with Crippen LogP contribution in [0.4, 0.5) is 0 Å². The van der Waals surface area contributed by atoms with E-state index in [4.69, 9.17) is 5.11 Å². The Bertz CT molecular complexity index is 589. The van der Waals surface area contributed by atoms with Gasteiger partial charge < -0.3 is 15.4 Å². The molecule has 94 valence electrons. The lowest BCUT2D eigenvalue weighted by atomic mass is 10.1. The van der Waals surface area contributed by atoms with Gasteiger partial charge >= 0.3 is 5.97 Å². The van der Waals surface area contributed by atoms with E-state index in [0.29, 0.717) is 12.0 Å². The summed E-state index contributed by atoms with van der Waals surface area (Å²) in [5, 5.41) is 12.3. The fourth-order valence-corrected chi connectivity index (χ4v) is 1.77. The highest BCUT2D eigenvalue weighted by atomic mass is 16.4. The number of fused-ring (bicyclic) bond motifs is 1. The second kappa shape index (κ2) is 4.91. The molecule has 0 aliphatic rings. The van der Waals surface area contributed by atoms with Crippen molar-refractivity contribution < 1.29 is 14.7 Å². The van der Waals surface area contributed by atoms with Gasteiger partial charge in [0.15, 0.2) is 0 Å². The van der Waals surface area contributed by atoms with Crippen LogP contribution in [0.25, 0.3) is 10.9 Å². The summed E-state index contributed by atoms with van der Waals surface area (Å²) in [4.78, 5) is 25.8. The Morgan fingerprint density at radius 2 is 2.17 bits per heavy atom. The molecule has 0 fully saturated rings. The molecule has 0 aliphatic heterocycles. The first-order chi connectivity index (χ1) is 8.61.